The van der Waals surface area contributed by atoms with Crippen molar-refractivity contribution in [3.05, 3.63) is 528 Å². The molecule has 0 N–H and O–H groups in total. The summed E-state index contributed by atoms with van der Waals surface area (Å²) in [4.78, 5) is 0. The second-order valence-electron chi connectivity index (χ2n) is 36.8. The molecule has 9 heteroatoms. The molecule has 0 spiro atoms. The van der Waals surface area contributed by atoms with Gasteiger partial charge in [-0.15, -0.1) is 0 Å². The van der Waals surface area contributed by atoms with Gasteiger partial charge >= 0.3 is 0 Å². The maximum Gasteiger partial charge on any atom is 0.0562 e. The highest BCUT2D eigenvalue weighted by molar-refractivity contribution is 6.19. The molecular weight excluding hydrogens is 1710 g/mol. The highest BCUT2D eigenvalue weighted by Gasteiger charge is 2.24. The first-order chi connectivity index (χ1) is 69.9. The van der Waals surface area contributed by atoms with Gasteiger partial charge in [-0.2, -0.15) is 0 Å². The molecule has 0 bridgehead atoms. The van der Waals surface area contributed by atoms with Crippen LogP contribution in [0.25, 0.3) is 248 Å². The van der Waals surface area contributed by atoms with Gasteiger partial charge in [0.15, 0.2) is 0 Å². The van der Waals surface area contributed by atoms with E-state index in [1.54, 1.807) is 0 Å². The highest BCUT2D eigenvalue weighted by atomic mass is 15.1. The molecule has 0 aliphatic rings. The maximum atomic E-state index is 2.42. The van der Waals surface area contributed by atoms with Crippen LogP contribution < -0.4 is 0 Å². The third-order valence-electron chi connectivity index (χ3n) is 29.0. The first-order valence-electron chi connectivity index (χ1n) is 48.3. The van der Waals surface area contributed by atoms with E-state index in [1.165, 1.54) is 197 Å². The maximum absolute atomic E-state index is 2.42. The molecule has 30 rings (SSSR count). The molecule has 141 heavy (non-hydrogen) atoms. The zero-order chi connectivity index (χ0) is 92.7. The van der Waals surface area contributed by atoms with Crippen LogP contribution >= 0.6 is 0 Å². The van der Waals surface area contributed by atoms with Crippen molar-refractivity contribution in [1.82, 2.24) is 41.1 Å². The molecule has 0 saturated carbocycles. The molecule has 0 saturated heterocycles. The summed E-state index contributed by atoms with van der Waals surface area (Å²) in [7, 11) is 0. The Kier molecular flexibility index (Phi) is 18.8. The summed E-state index contributed by atoms with van der Waals surface area (Å²) >= 11 is 0. The van der Waals surface area contributed by atoms with Crippen LogP contribution in [0.4, 0.5) is 0 Å². The fourth-order valence-corrected chi connectivity index (χ4v) is 22.5. The fourth-order valence-electron chi connectivity index (χ4n) is 22.5. The number of benzene rings is 21. The van der Waals surface area contributed by atoms with Gasteiger partial charge in [-0.05, 0) is 258 Å². The van der Waals surface area contributed by atoms with Crippen molar-refractivity contribution < 1.29 is 0 Å². The summed E-state index contributed by atoms with van der Waals surface area (Å²) in [5.74, 6) is 0. The van der Waals surface area contributed by atoms with Crippen LogP contribution in [0, 0.1) is 0 Å². The second kappa shape index (κ2) is 33.0. The average molecular weight is 1800 g/mol. The number of nitrogens with zero attached hydrogens (tertiary/aromatic N) is 9. The third kappa shape index (κ3) is 13.3. The van der Waals surface area contributed by atoms with E-state index in [4.69, 9.17) is 0 Å². The van der Waals surface area contributed by atoms with Gasteiger partial charge in [0.1, 0.15) is 0 Å². The lowest BCUT2D eigenvalue weighted by molar-refractivity contribution is 1.12. The lowest BCUT2D eigenvalue weighted by Gasteiger charge is -2.13. The summed E-state index contributed by atoms with van der Waals surface area (Å²) in [5.41, 5.74) is 35.7. The number of hydrogen-bond donors (Lipinski definition) is 0. The van der Waals surface area contributed by atoms with Crippen molar-refractivity contribution in [2.45, 2.75) is 0 Å². The largest absolute Gasteiger partial charge is 0.316 e. The third-order valence-corrected chi connectivity index (χ3v) is 29.0. The topological polar surface area (TPSA) is 44.4 Å². The van der Waals surface area contributed by atoms with E-state index in [2.05, 4.69) is 569 Å². The van der Waals surface area contributed by atoms with Gasteiger partial charge < -0.3 is 41.1 Å². The first-order valence-corrected chi connectivity index (χ1v) is 48.3. The predicted molar refractivity (Wildman–Crippen MR) is 592 cm³/mol. The van der Waals surface area contributed by atoms with E-state index < -0.39 is 0 Å². The Morgan fingerprint density at radius 2 is 0.319 bits per heavy atom. The zero-order valence-electron chi connectivity index (χ0n) is 76.8. The van der Waals surface area contributed by atoms with Crippen molar-refractivity contribution in [2.75, 3.05) is 0 Å². The Labute approximate surface area is 811 Å². The van der Waals surface area contributed by atoms with Crippen LogP contribution in [-0.2, 0) is 0 Å². The lowest BCUT2D eigenvalue weighted by Crippen LogP contribution is -1.98. The predicted octanol–water partition coefficient (Wildman–Crippen LogP) is 34.5. The standard InChI is InChI=1S/C50H33N3.C44H29N3.C38H25N3/c1-4-12-34(13-5-1)36-20-26-47-44(30-36)45-31-37(35-14-6-2-7-15-35)21-27-48(45)52(47)40-22-24-41(25-23-40)53-46-19-11-10-18-42(46)43-32-38-28-29-51(49(38)33-50(43)53)39-16-8-3-9-17-39;1-3-11-30(12-4-1)31-19-24-38-36-15-7-9-17-40(36)46(43(38)28-31)34-20-22-35(23-21-34)47-41-18-10-8-16-37(41)39-27-32-25-26-45(42(32)29-44(39)47)33-13-5-2-6-14-33;1-2-11-27(12-3-1)39-22-21-26-23-33-32-17-6-9-20-36(32)41(38(33)25-37(26)39)29-14-10-13-28(24-29)40-34-18-7-4-15-30(34)31-16-5-8-19-35(31)40/h1-33H;1-29H;1-25H. The molecule has 0 radical (unpaired) electrons. The molecule has 660 valence electrons. The number of rotatable bonds is 12. The quantitative estimate of drug-likeness (QED) is 0.117. The Hall–Kier alpha value is -19.0. The average Bonchev–Trinajstić information content (AvgIpc) is 1.59. The van der Waals surface area contributed by atoms with Gasteiger partial charge in [0.2, 0.25) is 0 Å². The van der Waals surface area contributed by atoms with E-state index in [9.17, 15) is 0 Å². The summed E-state index contributed by atoms with van der Waals surface area (Å²) in [6.07, 6.45) is 6.53. The zero-order valence-corrected chi connectivity index (χ0v) is 76.8. The smallest absolute Gasteiger partial charge is 0.0562 e. The molecule has 0 aliphatic carbocycles. The van der Waals surface area contributed by atoms with Gasteiger partial charge in [0.05, 0.1) is 82.8 Å². The van der Waals surface area contributed by atoms with Crippen LogP contribution in [0.5, 0.6) is 0 Å². The molecule has 30 aromatic rings. The summed E-state index contributed by atoms with van der Waals surface area (Å²) in [6.45, 7) is 0. The van der Waals surface area contributed by atoms with E-state index in [0.29, 0.717) is 0 Å². The molecule has 9 heterocycles. The molecular formula is C132H87N9. The highest BCUT2D eigenvalue weighted by Crippen LogP contribution is 2.45. The van der Waals surface area contributed by atoms with Crippen molar-refractivity contribution >= 4 is 164 Å². The van der Waals surface area contributed by atoms with Crippen molar-refractivity contribution in [3.63, 3.8) is 0 Å². The first kappa shape index (κ1) is 80.5. The van der Waals surface area contributed by atoms with Gasteiger partial charge in [0.25, 0.3) is 0 Å². The molecule has 0 unspecified atom stereocenters. The molecule has 9 aromatic heterocycles. The van der Waals surface area contributed by atoms with Gasteiger partial charge in [-0.25, -0.2) is 0 Å². The van der Waals surface area contributed by atoms with E-state index in [-0.39, 0.29) is 0 Å². The lowest BCUT2D eigenvalue weighted by atomic mass is 10.0. The molecule has 0 atom stereocenters. The van der Waals surface area contributed by atoms with E-state index >= 15 is 0 Å². The van der Waals surface area contributed by atoms with E-state index in [0.717, 1.165) is 51.2 Å². The molecule has 0 amide bonds. The minimum absolute atomic E-state index is 1.13. The molecule has 9 nitrogen and oxygen atoms in total. The Morgan fingerprint density at radius 1 is 0.0993 bits per heavy atom. The normalized spacial score (nSPS) is 11.8. The molecule has 21 aromatic carbocycles. The number of para-hydroxylation sites is 9. The molecule has 0 fully saturated rings. The SMILES string of the molecule is c1ccc(-c2ccc3c(c2)c2cc(-c4ccccc4)ccc2n3-c2ccc(-n3c4ccccc4c4cc5ccn(-c6ccccc6)c5cc43)cc2)cc1.c1ccc(-c2ccc3c4ccccc4n(-c4ccc(-n5c6ccccc6c6cc7ccn(-c8ccccc8)c7cc65)cc4)c3c2)cc1.c1ccc(-n2ccc3cc4c5ccccc5n(-c5cccc(-n6c7ccccc7c7ccccc76)c5)c4cc32)cc1. The van der Waals surface area contributed by atoms with Gasteiger partial charge in [-0.3, -0.25) is 0 Å². The minimum atomic E-state index is 1.13. The van der Waals surface area contributed by atoms with Crippen LogP contribution in [0.15, 0.2) is 528 Å². The van der Waals surface area contributed by atoms with Crippen LogP contribution in [0.3, 0.4) is 0 Å². The van der Waals surface area contributed by atoms with Gasteiger partial charge in [-0.1, -0.05) is 285 Å². The van der Waals surface area contributed by atoms with Crippen LogP contribution in [-0.4, -0.2) is 41.1 Å². The number of fused-ring (bicyclic) bond motifs is 21. The van der Waals surface area contributed by atoms with Crippen molar-refractivity contribution in [3.8, 4) is 84.6 Å². The summed E-state index contributed by atoms with van der Waals surface area (Å²) in [6, 6.07) is 185. The Balaban J connectivity index is 0.000000104. The Bertz CT molecular complexity index is 10000. The Morgan fingerprint density at radius 3 is 0.638 bits per heavy atom. The minimum Gasteiger partial charge on any atom is -0.316 e. The van der Waals surface area contributed by atoms with Crippen LogP contribution in [0.1, 0.15) is 0 Å². The second-order valence-corrected chi connectivity index (χ2v) is 36.8. The van der Waals surface area contributed by atoms with Crippen molar-refractivity contribution in [1.29, 1.82) is 0 Å². The van der Waals surface area contributed by atoms with Crippen LogP contribution in [0.2, 0.25) is 0 Å². The van der Waals surface area contributed by atoms with Crippen molar-refractivity contribution in [2.24, 2.45) is 0 Å². The van der Waals surface area contributed by atoms with E-state index in [1.807, 2.05) is 0 Å². The fraction of sp³-hybridized carbons (Fsp3) is 0. The monoisotopic (exact) mass is 1800 g/mol. The molecule has 0 aliphatic heterocycles. The summed E-state index contributed by atoms with van der Waals surface area (Å²) in [5, 5.41) is 18.8. The summed E-state index contributed by atoms with van der Waals surface area (Å²) < 4.78 is 21.3. The number of hydrogen-bond acceptors (Lipinski definition) is 0. The number of aromatic nitrogens is 9. The van der Waals surface area contributed by atoms with Gasteiger partial charge in [0, 0.05) is 151 Å².